The van der Waals surface area contributed by atoms with Gasteiger partial charge in [0.25, 0.3) is 5.91 Å². The molecule has 0 aliphatic carbocycles. The van der Waals surface area contributed by atoms with Crippen molar-refractivity contribution < 1.29 is 19.4 Å². The molecule has 0 radical (unpaired) electrons. The molecule has 26 heavy (non-hydrogen) atoms. The molecule has 0 aliphatic heterocycles. The number of nitrogens with zero attached hydrogens (tertiary/aromatic N) is 3. The van der Waals surface area contributed by atoms with E-state index in [0.717, 1.165) is 11.3 Å². The zero-order chi connectivity index (χ0) is 19.3. The van der Waals surface area contributed by atoms with Gasteiger partial charge < -0.3 is 15.2 Å². The molecule has 0 bridgehead atoms. The SMILES string of the molecule is Cc1ccc(-n2cc(C(=O)NC(CCOC(C)(C)C)C(=O)O)nn2)cc1. The Hall–Kier alpha value is -2.74. The minimum absolute atomic E-state index is 0.0496. The zero-order valence-electron chi connectivity index (χ0n) is 15.4. The molecule has 8 heteroatoms. The van der Waals surface area contributed by atoms with E-state index in [1.165, 1.54) is 10.9 Å². The lowest BCUT2D eigenvalue weighted by molar-refractivity contribution is -0.140. The molecule has 1 atom stereocenters. The number of aromatic nitrogens is 3. The van der Waals surface area contributed by atoms with Gasteiger partial charge in [-0.2, -0.15) is 0 Å². The number of carboxylic acids is 1. The largest absolute Gasteiger partial charge is 0.480 e. The standard InChI is InChI=1S/C18H24N4O4/c1-12-5-7-13(8-6-12)22-11-15(20-21-22)16(23)19-14(17(24)25)9-10-26-18(2,3)4/h5-8,11,14H,9-10H2,1-4H3,(H,19,23)(H,24,25). The number of carboxylic acid groups (broad SMARTS) is 1. The van der Waals surface area contributed by atoms with Crippen molar-refractivity contribution in [1.29, 1.82) is 0 Å². The van der Waals surface area contributed by atoms with Crippen molar-refractivity contribution in [3.63, 3.8) is 0 Å². The molecule has 1 aromatic heterocycles. The summed E-state index contributed by atoms with van der Waals surface area (Å²) >= 11 is 0. The van der Waals surface area contributed by atoms with Crippen LogP contribution in [0.3, 0.4) is 0 Å². The van der Waals surface area contributed by atoms with Crippen LogP contribution in [0.4, 0.5) is 0 Å². The molecule has 0 spiro atoms. The Balaban J connectivity index is 2.01. The molecule has 0 saturated carbocycles. The average Bonchev–Trinajstić information content (AvgIpc) is 3.03. The number of amides is 1. The summed E-state index contributed by atoms with van der Waals surface area (Å²) in [4.78, 5) is 23.7. The van der Waals surface area contributed by atoms with Gasteiger partial charge in [0, 0.05) is 13.0 Å². The summed E-state index contributed by atoms with van der Waals surface area (Å²) in [7, 11) is 0. The summed E-state index contributed by atoms with van der Waals surface area (Å²) < 4.78 is 6.99. The van der Waals surface area contributed by atoms with Gasteiger partial charge in [0.15, 0.2) is 5.69 Å². The molecule has 2 N–H and O–H groups in total. The number of aryl methyl sites for hydroxylation is 1. The molecule has 1 aromatic carbocycles. The van der Waals surface area contributed by atoms with Crippen molar-refractivity contribution in [2.24, 2.45) is 0 Å². The van der Waals surface area contributed by atoms with E-state index in [9.17, 15) is 14.7 Å². The molecule has 1 amide bonds. The van der Waals surface area contributed by atoms with E-state index in [-0.39, 0.29) is 24.3 Å². The predicted molar refractivity (Wildman–Crippen MR) is 95.3 cm³/mol. The number of nitrogens with one attached hydrogen (secondary N) is 1. The number of hydrogen-bond acceptors (Lipinski definition) is 5. The van der Waals surface area contributed by atoms with E-state index in [1.807, 2.05) is 52.0 Å². The first kappa shape index (κ1) is 19.6. The highest BCUT2D eigenvalue weighted by atomic mass is 16.5. The van der Waals surface area contributed by atoms with Crippen LogP contribution < -0.4 is 5.32 Å². The van der Waals surface area contributed by atoms with Crippen molar-refractivity contribution in [1.82, 2.24) is 20.3 Å². The summed E-state index contributed by atoms with van der Waals surface area (Å²) in [5.41, 5.74) is 1.54. The van der Waals surface area contributed by atoms with Crippen LogP contribution >= 0.6 is 0 Å². The maximum absolute atomic E-state index is 12.3. The topological polar surface area (TPSA) is 106 Å². The molecule has 2 aromatic rings. The number of rotatable bonds is 7. The van der Waals surface area contributed by atoms with Gasteiger partial charge in [-0.15, -0.1) is 5.10 Å². The first-order valence-electron chi connectivity index (χ1n) is 8.33. The molecule has 0 saturated heterocycles. The number of ether oxygens (including phenoxy) is 1. The normalized spacial score (nSPS) is 12.6. The van der Waals surface area contributed by atoms with Crippen molar-refractivity contribution in [3.05, 3.63) is 41.7 Å². The van der Waals surface area contributed by atoms with Crippen molar-refractivity contribution >= 4 is 11.9 Å². The summed E-state index contributed by atoms with van der Waals surface area (Å²) in [5, 5.41) is 19.5. The summed E-state index contributed by atoms with van der Waals surface area (Å²) in [6.07, 6.45) is 1.62. The number of hydrogen-bond donors (Lipinski definition) is 2. The molecule has 1 unspecified atom stereocenters. The minimum Gasteiger partial charge on any atom is -0.480 e. The lowest BCUT2D eigenvalue weighted by atomic mass is 10.1. The molecule has 140 valence electrons. The summed E-state index contributed by atoms with van der Waals surface area (Å²) in [6.45, 7) is 7.83. The van der Waals surface area contributed by atoms with Gasteiger partial charge >= 0.3 is 5.97 Å². The first-order valence-corrected chi connectivity index (χ1v) is 8.33. The van der Waals surface area contributed by atoms with Gasteiger partial charge in [0.1, 0.15) is 6.04 Å². The first-order chi connectivity index (χ1) is 12.2. The maximum Gasteiger partial charge on any atom is 0.326 e. The quantitative estimate of drug-likeness (QED) is 0.782. The lowest BCUT2D eigenvalue weighted by Gasteiger charge is -2.21. The fourth-order valence-corrected chi connectivity index (χ4v) is 2.16. The van der Waals surface area contributed by atoms with E-state index in [0.29, 0.717) is 0 Å². The van der Waals surface area contributed by atoms with Crippen molar-refractivity contribution in [3.8, 4) is 5.69 Å². The minimum atomic E-state index is -1.12. The van der Waals surface area contributed by atoms with Crippen LogP contribution in [0.15, 0.2) is 30.5 Å². The second-order valence-electron chi connectivity index (χ2n) is 7.00. The number of benzene rings is 1. The second-order valence-corrected chi connectivity index (χ2v) is 7.00. The van der Waals surface area contributed by atoms with Crippen LogP contribution in [-0.4, -0.2) is 50.2 Å². The Bertz CT molecular complexity index is 762. The molecular formula is C18H24N4O4. The molecule has 0 aliphatic rings. The van der Waals surface area contributed by atoms with Crippen LogP contribution in [-0.2, 0) is 9.53 Å². The third-order valence-corrected chi connectivity index (χ3v) is 3.57. The van der Waals surface area contributed by atoms with Gasteiger partial charge in [-0.1, -0.05) is 22.9 Å². The Morgan fingerprint density at radius 1 is 1.27 bits per heavy atom. The monoisotopic (exact) mass is 360 g/mol. The molecule has 0 fully saturated rings. The number of aliphatic carboxylic acids is 1. The highest BCUT2D eigenvalue weighted by Crippen LogP contribution is 2.10. The molecule has 2 rings (SSSR count). The van der Waals surface area contributed by atoms with Gasteiger partial charge in [0.2, 0.25) is 0 Å². The van der Waals surface area contributed by atoms with E-state index in [4.69, 9.17) is 4.74 Å². The van der Waals surface area contributed by atoms with E-state index < -0.39 is 17.9 Å². The van der Waals surface area contributed by atoms with Gasteiger partial charge in [-0.25, -0.2) is 9.48 Å². The summed E-state index contributed by atoms with van der Waals surface area (Å²) in [5.74, 6) is -1.71. The van der Waals surface area contributed by atoms with Gasteiger partial charge in [-0.3, -0.25) is 4.79 Å². The smallest absolute Gasteiger partial charge is 0.326 e. The highest BCUT2D eigenvalue weighted by molar-refractivity contribution is 5.94. The Morgan fingerprint density at radius 3 is 2.50 bits per heavy atom. The maximum atomic E-state index is 12.3. The molecule has 8 nitrogen and oxygen atoms in total. The van der Waals surface area contributed by atoms with Gasteiger partial charge in [-0.05, 0) is 39.8 Å². The van der Waals surface area contributed by atoms with Crippen molar-refractivity contribution in [2.45, 2.75) is 45.8 Å². The van der Waals surface area contributed by atoms with Crippen LogP contribution in [0.1, 0.15) is 43.2 Å². The lowest BCUT2D eigenvalue weighted by Crippen LogP contribution is -2.42. The Kier molecular flexibility index (Phi) is 6.10. The third-order valence-electron chi connectivity index (χ3n) is 3.57. The fourth-order valence-electron chi connectivity index (χ4n) is 2.16. The second kappa shape index (κ2) is 8.09. The van der Waals surface area contributed by atoms with Gasteiger partial charge in [0.05, 0.1) is 17.5 Å². The van der Waals surface area contributed by atoms with E-state index >= 15 is 0 Å². The van der Waals surface area contributed by atoms with E-state index in [1.54, 1.807) is 0 Å². The van der Waals surface area contributed by atoms with Crippen LogP contribution in [0.25, 0.3) is 5.69 Å². The highest BCUT2D eigenvalue weighted by Gasteiger charge is 2.23. The average molecular weight is 360 g/mol. The number of carbonyl (C=O) groups is 2. The third kappa shape index (κ3) is 5.66. The number of carbonyl (C=O) groups excluding carboxylic acids is 1. The van der Waals surface area contributed by atoms with E-state index in [2.05, 4.69) is 15.6 Å². The Labute approximate surface area is 152 Å². The summed E-state index contributed by atoms with van der Waals surface area (Å²) in [6, 6.07) is 6.50. The van der Waals surface area contributed by atoms with Crippen LogP contribution in [0.5, 0.6) is 0 Å². The fraction of sp³-hybridized carbons (Fsp3) is 0.444. The van der Waals surface area contributed by atoms with Crippen LogP contribution in [0.2, 0.25) is 0 Å². The molecular weight excluding hydrogens is 336 g/mol. The predicted octanol–water partition coefficient (Wildman–Crippen LogP) is 1.96. The molecule has 1 heterocycles. The van der Waals surface area contributed by atoms with Crippen LogP contribution in [0, 0.1) is 6.92 Å². The zero-order valence-corrected chi connectivity index (χ0v) is 15.4. The van der Waals surface area contributed by atoms with Crippen molar-refractivity contribution in [2.75, 3.05) is 6.61 Å². The Morgan fingerprint density at radius 2 is 1.92 bits per heavy atom.